The molecular formula is C29H27FN4O3S2. The molecule has 2 aromatic carbocycles. The topological polar surface area (TPSA) is 67.7 Å². The van der Waals surface area contributed by atoms with Gasteiger partial charge in [0.1, 0.15) is 23.9 Å². The van der Waals surface area contributed by atoms with Gasteiger partial charge < -0.3 is 9.64 Å². The van der Waals surface area contributed by atoms with E-state index in [1.54, 1.807) is 26.6 Å². The summed E-state index contributed by atoms with van der Waals surface area (Å²) >= 11 is 2.90. The first kappa shape index (κ1) is 25.8. The summed E-state index contributed by atoms with van der Waals surface area (Å²) in [6, 6.07) is 18.4. The van der Waals surface area contributed by atoms with E-state index in [1.807, 2.05) is 54.8 Å². The molecule has 0 spiro atoms. The lowest BCUT2D eigenvalue weighted by atomic mass is 10.0. The Hall–Kier alpha value is -3.47. The van der Waals surface area contributed by atoms with E-state index < -0.39 is 5.25 Å². The van der Waals surface area contributed by atoms with Gasteiger partial charge in [-0.05, 0) is 36.1 Å². The smallest absolute Gasteiger partial charge is 0.242 e. The molecule has 200 valence electrons. The van der Waals surface area contributed by atoms with Gasteiger partial charge in [-0.2, -0.15) is 5.10 Å². The highest BCUT2D eigenvalue weighted by Gasteiger charge is 2.39. The first-order valence-electron chi connectivity index (χ1n) is 12.8. The van der Waals surface area contributed by atoms with Crippen molar-refractivity contribution in [2.45, 2.75) is 12.2 Å². The number of benzene rings is 2. The molecule has 2 amide bonds. The number of carbonyl (C=O) groups is 2. The van der Waals surface area contributed by atoms with Gasteiger partial charge in [-0.1, -0.05) is 42.5 Å². The number of hydrogen-bond acceptors (Lipinski definition) is 6. The predicted molar refractivity (Wildman–Crippen MR) is 152 cm³/mol. The third-order valence-corrected chi connectivity index (χ3v) is 9.15. The van der Waals surface area contributed by atoms with Crippen LogP contribution in [0.4, 0.5) is 10.2 Å². The lowest BCUT2D eigenvalue weighted by Crippen LogP contribution is -2.48. The molecule has 0 bridgehead atoms. The minimum atomic E-state index is -0.497. The molecule has 1 unspecified atom stereocenters. The molecule has 1 fully saturated rings. The van der Waals surface area contributed by atoms with Gasteiger partial charge in [-0.15, -0.1) is 23.1 Å². The number of thioether (sulfide) groups is 1. The van der Waals surface area contributed by atoms with Crippen LogP contribution in [0.5, 0.6) is 0 Å². The quantitative estimate of drug-likeness (QED) is 0.340. The van der Waals surface area contributed by atoms with E-state index >= 15 is 4.39 Å². The third-order valence-electron chi connectivity index (χ3n) is 7.03. The molecule has 1 atom stereocenters. The van der Waals surface area contributed by atoms with Crippen LogP contribution >= 0.6 is 23.1 Å². The van der Waals surface area contributed by atoms with Crippen LogP contribution < -0.4 is 4.90 Å². The summed E-state index contributed by atoms with van der Waals surface area (Å²) in [5.74, 6) is -0.0947. The van der Waals surface area contributed by atoms with Crippen molar-refractivity contribution in [2.75, 3.05) is 43.5 Å². The number of para-hydroxylation sites is 1. The summed E-state index contributed by atoms with van der Waals surface area (Å²) in [5, 5.41) is 6.55. The van der Waals surface area contributed by atoms with Crippen molar-refractivity contribution in [3.63, 3.8) is 0 Å². The van der Waals surface area contributed by atoms with Crippen LogP contribution in [-0.4, -0.2) is 65.1 Å². The number of fused-ring (bicyclic) bond motifs is 1. The minimum absolute atomic E-state index is 0.0989. The Balaban J connectivity index is 1.59. The highest BCUT2D eigenvalue weighted by atomic mass is 32.2. The summed E-state index contributed by atoms with van der Waals surface area (Å²) in [7, 11) is 0. The number of hydrogen-bond donors (Lipinski definition) is 0. The van der Waals surface area contributed by atoms with E-state index in [-0.39, 0.29) is 29.9 Å². The Bertz CT molecular complexity index is 1510. The first-order valence-corrected chi connectivity index (χ1v) is 14.7. The Labute approximate surface area is 234 Å². The summed E-state index contributed by atoms with van der Waals surface area (Å²) in [6.45, 7) is 3.77. The number of aryl methyl sites for hydroxylation is 1. The minimum Gasteiger partial charge on any atom is -0.378 e. The van der Waals surface area contributed by atoms with E-state index in [0.717, 1.165) is 21.7 Å². The lowest BCUT2D eigenvalue weighted by Gasteiger charge is -2.30. The van der Waals surface area contributed by atoms with Gasteiger partial charge in [-0.25, -0.2) is 9.07 Å². The maximum absolute atomic E-state index is 15.3. The first-order chi connectivity index (χ1) is 19.0. The monoisotopic (exact) mass is 562 g/mol. The second kappa shape index (κ2) is 11.0. The SMILES string of the molecule is Cc1ccccc1-n1nc(-c2cccs2)c2c1N(CC(=O)N1CCOCC1)C(=O)CSC2c1ccccc1F. The number of ether oxygens (including phenoxy) is 1. The van der Waals surface area contributed by atoms with Crippen molar-refractivity contribution < 1.29 is 18.7 Å². The zero-order valence-electron chi connectivity index (χ0n) is 21.4. The molecule has 0 radical (unpaired) electrons. The fraction of sp³-hybridized carbons (Fsp3) is 0.276. The van der Waals surface area contributed by atoms with Gasteiger partial charge in [-0.3, -0.25) is 14.5 Å². The molecule has 0 aliphatic carbocycles. The normalized spacial score (nSPS) is 17.7. The van der Waals surface area contributed by atoms with Crippen LogP contribution in [0.3, 0.4) is 0 Å². The molecule has 2 aliphatic rings. The van der Waals surface area contributed by atoms with Crippen LogP contribution in [0.2, 0.25) is 0 Å². The zero-order chi connectivity index (χ0) is 26.9. The molecule has 4 heterocycles. The van der Waals surface area contributed by atoms with Crippen molar-refractivity contribution in [1.29, 1.82) is 0 Å². The van der Waals surface area contributed by atoms with Crippen LogP contribution in [0.25, 0.3) is 16.3 Å². The third kappa shape index (κ3) is 4.88. The number of carbonyl (C=O) groups excluding carboxylic acids is 2. The Morgan fingerprint density at radius 1 is 1.08 bits per heavy atom. The Morgan fingerprint density at radius 2 is 1.85 bits per heavy atom. The summed E-state index contributed by atoms with van der Waals surface area (Å²) < 4.78 is 22.5. The van der Waals surface area contributed by atoms with Crippen LogP contribution in [0.15, 0.2) is 66.0 Å². The fourth-order valence-corrected chi connectivity index (χ4v) is 7.01. The summed E-state index contributed by atoms with van der Waals surface area (Å²) in [5.41, 5.74) is 3.66. The summed E-state index contributed by atoms with van der Waals surface area (Å²) in [6.07, 6.45) is 0. The van der Waals surface area contributed by atoms with Crippen molar-refractivity contribution >= 4 is 40.7 Å². The second-order valence-corrected chi connectivity index (χ2v) is 11.5. The second-order valence-electron chi connectivity index (χ2n) is 9.45. The molecular weight excluding hydrogens is 535 g/mol. The van der Waals surface area contributed by atoms with Gasteiger partial charge in [0.2, 0.25) is 11.8 Å². The number of nitrogens with zero attached hydrogens (tertiary/aromatic N) is 4. The van der Waals surface area contributed by atoms with Gasteiger partial charge in [0.05, 0.1) is 34.8 Å². The molecule has 10 heteroatoms. The van der Waals surface area contributed by atoms with E-state index in [0.29, 0.717) is 43.4 Å². The number of thiophene rings is 1. The molecule has 2 aromatic heterocycles. The molecule has 7 nitrogen and oxygen atoms in total. The number of aromatic nitrogens is 2. The number of amides is 2. The largest absolute Gasteiger partial charge is 0.378 e. The number of halogens is 1. The van der Waals surface area contributed by atoms with Crippen molar-refractivity contribution in [2.24, 2.45) is 0 Å². The fourth-order valence-electron chi connectivity index (χ4n) is 5.06. The molecule has 0 saturated carbocycles. The Morgan fingerprint density at radius 3 is 2.59 bits per heavy atom. The van der Waals surface area contributed by atoms with E-state index in [2.05, 4.69) is 0 Å². The van der Waals surface area contributed by atoms with Crippen LogP contribution in [0.1, 0.15) is 21.9 Å². The van der Waals surface area contributed by atoms with Crippen LogP contribution in [-0.2, 0) is 14.3 Å². The van der Waals surface area contributed by atoms with Gasteiger partial charge in [0, 0.05) is 24.2 Å². The molecule has 6 rings (SSSR count). The number of rotatable bonds is 5. The summed E-state index contributed by atoms with van der Waals surface area (Å²) in [4.78, 5) is 31.5. The highest BCUT2D eigenvalue weighted by molar-refractivity contribution is 8.00. The van der Waals surface area contributed by atoms with Crippen molar-refractivity contribution in [3.05, 3.63) is 88.6 Å². The predicted octanol–water partition coefficient (Wildman–Crippen LogP) is 5.08. The maximum Gasteiger partial charge on any atom is 0.242 e. The van der Waals surface area contributed by atoms with Gasteiger partial charge in [0.25, 0.3) is 0 Å². The number of morpholine rings is 1. The molecule has 4 aromatic rings. The standard InChI is InChI=1S/C29H27FN4O3S2/c1-19-7-2-5-10-22(19)34-29-26(27(31-34)23-11-6-16-38-23)28(20-8-3-4-9-21(20)30)39-18-25(36)33(29)17-24(35)32-12-14-37-15-13-32/h2-11,16,28H,12-15,17-18H2,1H3. The van der Waals surface area contributed by atoms with Gasteiger partial charge in [0.15, 0.2) is 0 Å². The van der Waals surface area contributed by atoms with Crippen molar-refractivity contribution in [3.8, 4) is 16.3 Å². The van der Waals surface area contributed by atoms with Gasteiger partial charge >= 0.3 is 0 Å². The average Bonchev–Trinajstić information content (AvgIpc) is 3.59. The maximum atomic E-state index is 15.3. The van der Waals surface area contributed by atoms with E-state index in [9.17, 15) is 9.59 Å². The van der Waals surface area contributed by atoms with Crippen LogP contribution in [0, 0.1) is 12.7 Å². The van der Waals surface area contributed by atoms with E-state index in [4.69, 9.17) is 9.84 Å². The highest BCUT2D eigenvalue weighted by Crippen LogP contribution is 2.49. The number of anilines is 1. The average molecular weight is 563 g/mol. The molecule has 0 N–H and O–H groups in total. The molecule has 39 heavy (non-hydrogen) atoms. The van der Waals surface area contributed by atoms with Crippen molar-refractivity contribution in [1.82, 2.24) is 14.7 Å². The molecule has 2 aliphatic heterocycles. The lowest BCUT2D eigenvalue weighted by molar-refractivity contribution is -0.134. The molecule has 1 saturated heterocycles. The zero-order valence-corrected chi connectivity index (χ0v) is 23.0. The Kier molecular flexibility index (Phi) is 7.24. The van der Waals surface area contributed by atoms with E-state index in [1.165, 1.54) is 29.2 Å².